The molecule has 0 unspecified atom stereocenters. The Kier molecular flexibility index (Phi) is 3.57. The van der Waals surface area contributed by atoms with E-state index in [1.165, 1.54) is 5.52 Å². The Bertz CT molecular complexity index is 691. The normalized spacial score (nSPS) is 22.9. The van der Waals surface area contributed by atoms with Gasteiger partial charge in [-0.3, -0.25) is 0 Å². The molecule has 1 aliphatic carbocycles. The number of hydrogen-bond donors (Lipinski definition) is 1. The second-order valence-corrected chi connectivity index (χ2v) is 6.47. The zero-order valence-electron chi connectivity index (χ0n) is 11.4. The first-order valence-electron chi connectivity index (χ1n) is 6.96. The topological polar surface area (TPSA) is 29.5 Å². The first-order valence-corrected chi connectivity index (χ1v) is 7.75. The van der Waals surface area contributed by atoms with Gasteiger partial charge in [0, 0.05) is 27.6 Å². The molecule has 0 spiro atoms. The van der Waals surface area contributed by atoms with Crippen LogP contribution in [0.5, 0.6) is 0 Å². The molecule has 1 heterocycles. The lowest BCUT2D eigenvalue weighted by atomic mass is 9.93. The summed E-state index contributed by atoms with van der Waals surface area (Å²) in [6, 6.07) is 4.53. The average molecular weight is 333 g/mol. The Labute approximate surface area is 127 Å². The standard InChI is InChI=1S/C16H17BrN2O/c1-10-7-16-13(8-15(10)18-2)14(17)9-19(16)11-3-5-12(20)6-4-11/h7-9,11-12,20H,3-6H2,1H3. The predicted molar refractivity (Wildman–Crippen MR) is 84.1 cm³/mol. The summed E-state index contributed by atoms with van der Waals surface area (Å²) < 4.78 is 3.36. The number of rotatable bonds is 1. The minimum absolute atomic E-state index is 0.132. The van der Waals surface area contributed by atoms with E-state index in [0.717, 1.165) is 46.8 Å². The molecule has 4 heteroatoms. The Hall–Kier alpha value is -1.31. The molecule has 0 radical (unpaired) electrons. The van der Waals surface area contributed by atoms with E-state index in [2.05, 4.69) is 37.6 Å². The minimum Gasteiger partial charge on any atom is -0.393 e. The van der Waals surface area contributed by atoms with Crippen molar-refractivity contribution in [1.82, 2.24) is 4.57 Å². The smallest absolute Gasteiger partial charge is 0.190 e. The highest BCUT2D eigenvalue weighted by molar-refractivity contribution is 9.10. The van der Waals surface area contributed by atoms with E-state index in [-0.39, 0.29) is 6.10 Å². The average Bonchev–Trinajstić information content (AvgIpc) is 2.75. The Morgan fingerprint density at radius 2 is 2.00 bits per heavy atom. The lowest BCUT2D eigenvalue weighted by Gasteiger charge is -2.27. The number of benzene rings is 1. The molecule has 1 N–H and O–H groups in total. The second-order valence-electron chi connectivity index (χ2n) is 5.61. The van der Waals surface area contributed by atoms with E-state index in [9.17, 15) is 5.11 Å². The van der Waals surface area contributed by atoms with Crippen molar-refractivity contribution in [3.05, 3.63) is 39.8 Å². The van der Waals surface area contributed by atoms with Crippen molar-refractivity contribution in [2.75, 3.05) is 0 Å². The molecule has 0 atom stereocenters. The van der Waals surface area contributed by atoms with Crippen molar-refractivity contribution in [3.8, 4) is 0 Å². The van der Waals surface area contributed by atoms with Gasteiger partial charge in [-0.25, -0.2) is 4.85 Å². The van der Waals surface area contributed by atoms with Gasteiger partial charge in [-0.05, 0) is 66.2 Å². The molecule has 1 aromatic carbocycles. The predicted octanol–water partition coefficient (Wildman–Crippen LogP) is 4.74. The summed E-state index contributed by atoms with van der Waals surface area (Å²) >= 11 is 3.61. The third-order valence-electron chi connectivity index (χ3n) is 4.28. The number of aromatic nitrogens is 1. The summed E-state index contributed by atoms with van der Waals surface area (Å²) in [7, 11) is 0. The van der Waals surface area contributed by atoms with Crippen molar-refractivity contribution in [2.45, 2.75) is 44.8 Å². The molecule has 3 rings (SSSR count). The lowest BCUT2D eigenvalue weighted by Crippen LogP contribution is -2.20. The Morgan fingerprint density at radius 3 is 2.65 bits per heavy atom. The monoisotopic (exact) mass is 332 g/mol. The summed E-state index contributed by atoms with van der Waals surface area (Å²) in [5, 5.41) is 10.8. The minimum atomic E-state index is -0.132. The fourth-order valence-electron chi connectivity index (χ4n) is 3.11. The van der Waals surface area contributed by atoms with Gasteiger partial charge >= 0.3 is 0 Å². The summed E-state index contributed by atoms with van der Waals surface area (Å²) in [6.07, 6.45) is 5.77. The van der Waals surface area contributed by atoms with Gasteiger partial charge in [0.05, 0.1) is 12.7 Å². The van der Waals surface area contributed by atoms with Crippen LogP contribution in [0.2, 0.25) is 0 Å². The molecular formula is C16H17BrN2O. The van der Waals surface area contributed by atoms with Crippen molar-refractivity contribution in [1.29, 1.82) is 0 Å². The molecule has 1 aromatic heterocycles. The number of fused-ring (bicyclic) bond motifs is 1. The summed E-state index contributed by atoms with van der Waals surface area (Å²) in [6.45, 7) is 9.22. The SMILES string of the molecule is [C-]#[N+]c1cc2c(Br)cn(C3CCC(O)CC3)c2cc1C. The van der Waals surface area contributed by atoms with Gasteiger partial charge in [0.1, 0.15) is 0 Å². The van der Waals surface area contributed by atoms with E-state index < -0.39 is 0 Å². The maximum atomic E-state index is 9.65. The summed E-state index contributed by atoms with van der Waals surface area (Å²) in [5.74, 6) is 0. The summed E-state index contributed by atoms with van der Waals surface area (Å²) in [4.78, 5) is 3.58. The molecule has 0 bridgehead atoms. The van der Waals surface area contributed by atoms with E-state index in [1.54, 1.807) is 0 Å². The van der Waals surface area contributed by atoms with Crippen LogP contribution in [0.1, 0.15) is 37.3 Å². The van der Waals surface area contributed by atoms with Crippen LogP contribution in [-0.2, 0) is 0 Å². The third kappa shape index (κ3) is 2.25. The van der Waals surface area contributed by atoms with Crippen molar-refractivity contribution in [2.24, 2.45) is 0 Å². The van der Waals surface area contributed by atoms with Crippen LogP contribution in [0.3, 0.4) is 0 Å². The van der Waals surface area contributed by atoms with Crippen LogP contribution in [0.25, 0.3) is 15.7 Å². The second kappa shape index (κ2) is 5.23. The Morgan fingerprint density at radius 1 is 1.30 bits per heavy atom. The molecule has 2 aromatic rings. The summed E-state index contributed by atoms with van der Waals surface area (Å²) in [5.41, 5.74) is 2.92. The highest BCUT2D eigenvalue weighted by Crippen LogP contribution is 2.37. The van der Waals surface area contributed by atoms with Crippen LogP contribution in [-0.4, -0.2) is 15.8 Å². The van der Waals surface area contributed by atoms with Crippen LogP contribution in [0.15, 0.2) is 22.8 Å². The molecule has 0 amide bonds. The molecule has 0 saturated heterocycles. The first kappa shape index (κ1) is 13.7. The zero-order chi connectivity index (χ0) is 14.3. The van der Waals surface area contributed by atoms with E-state index in [0.29, 0.717) is 6.04 Å². The quantitative estimate of drug-likeness (QED) is 0.751. The van der Waals surface area contributed by atoms with Gasteiger partial charge in [0.15, 0.2) is 5.69 Å². The number of aliphatic hydroxyl groups is 1. The van der Waals surface area contributed by atoms with E-state index in [4.69, 9.17) is 6.57 Å². The van der Waals surface area contributed by atoms with Gasteiger partial charge in [-0.2, -0.15) is 0 Å². The largest absolute Gasteiger partial charge is 0.393 e. The highest BCUT2D eigenvalue weighted by atomic mass is 79.9. The molecule has 0 aliphatic heterocycles. The third-order valence-corrected chi connectivity index (χ3v) is 4.91. The number of hydrogen-bond acceptors (Lipinski definition) is 1. The molecule has 20 heavy (non-hydrogen) atoms. The maximum Gasteiger partial charge on any atom is 0.190 e. The van der Waals surface area contributed by atoms with Gasteiger partial charge < -0.3 is 9.67 Å². The Balaban J connectivity index is 2.08. The van der Waals surface area contributed by atoms with Crippen molar-refractivity contribution in [3.63, 3.8) is 0 Å². The lowest BCUT2D eigenvalue weighted by molar-refractivity contribution is 0.111. The molecule has 1 saturated carbocycles. The molecule has 3 nitrogen and oxygen atoms in total. The molecular weight excluding hydrogens is 316 g/mol. The number of aliphatic hydroxyl groups excluding tert-OH is 1. The fourth-order valence-corrected chi connectivity index (χ4v) is 3.64. The van der Waals surface area contributed by atoms with Crippen LogP contribution in [0, 0.1) is 13.5 Å². The van der Waals surface area contributed by atoms with Crippen molar-refractivity contribution < 1.29 is 5.11 Å². The molecule has 104 valence electrons. The van der Waals surface area contributed by atoms with Gasteiger partial charge in [-0.1, -0.05) is 0 Å². The van der Waals surface area contributed by atoms with E-state index in [1.807, 2.05) is 13.0 Å². The number of halogens is 1. The van der Waals surface area contributed by atoms with Crippen LogP contribution >= 0.6 is 15.9 Å². The highest BCUT2D eigenvalue weighted by Gasteiger charge is 2.22. The fraction of sp³-hybridized carbons (Fsp3) is 0.438. The van der Waals surface area contributed by atoms with Crippen molar-refractivity contribution >= 4 is 32.5 Å². The van der Waals surface area contributed by atoms with Crippen LogP contribution < -0.4 is 0 Å². The molecule has 1 fully saturated rings. The zero-order valence-corrected chi connectivity index (χ0v) is 13.0. The van der Waals surface area contributed by atoms with E-state index >= 15 is 0 Å². The van der Waals surface area contributed by atoms with Crippen LogP contribution in [0.4, 0.5) is 5.69 Å². The molecule has 1 aliphatic rings. The first-order chi connectivity index (χ1) is 9.60. The maximum absolute atomic E-state index is 9.65. The number of nitrogens with zero attached hydrogens (tertiary/aromatic N) is 2. The van der Waals surface area contributed by atoms with Gasteiger partial charge in [-0.15, -0.1) is 0 Å². The number of aryl methyl sites for hydroxylation is 1. The van der Waals surface area contributed by atoms with Gasteiger partial charge in [0.2, 0.25) is 0 Å². The van der Waals surface area contributed by atoms with Gasteiger partial charge in [0.25, 0.3) is 0 Å².